The Balaban J connectivity index is 3.55. The normalized spacial score (nSPS) is 13.1. The van der Waals surface area contributed by atoms with E-state index in [2.05, 4.69) is 10.3 Å². The molecule has 0 bridgehead atoms. The summed E-state index contributed by atoms with van der Waals surface area (Å²) < 4.78 is -3.21. The van der Waals surface area contributed by atoms with Gasteiger partial charge in [-0.05, 0) is 18.8 Å². The molecular weight excluding hydrogens is 349 g/mol. The molecule has 1 rings (SSSR count). The van der Waals surface area contributed by atoms with Crippen LogP contribution in [0.5, 0.6) is 0 Å². The average molecular weight is 356 g/mol. The quantitative estimate of drug-likeness (QED) is 0.469. The van der Waals surface area contributed by atoms with Crippen molar-refractivity contribution in [3.63, 3.8) is 0 Å². The molecule has 0 saturated heterocycles. The number of hydrogen-bond donors (Lipinski definition) is 0. The van der Waals surface area contributed by atoms with Crippen molar-refractivity contribution in [2.75, 3.05) is 0 Å². The van der Waals surface area contributed by atoms with Crippen LogP contribution in [0.2, 0.25) is 0 Å². The predicted molar refractivity (Wildman–Crippen MR) is 70.7 cm³/mol. The highest BCUT2D eigenvalue weighted by atomic mass is 35.6. The second-order valence-corrected chi connectivity index (χ2v) is 7.24. The van der Waals surface area contributed by atoms with Crippen molar-refractivity contribution in [3.05, 3.63) is 15.8 Å². The molecule has 0 amide bonds. The summed E-state index contributed by atoms with van der Waals surface area (Å²) in [6.45, 7) is 3.40. The smallest absolute Gasteiger partial charge is 0.358 e. The molecule has 0 spiro atoms. The number of hydrogen-bond acceptors (Lipinski definition) is 4. The Kier molecular flexibility index (Phi) is 4.61. The van der Waals surface area contributed by atoms with Crippen LogP contribution in [0.3, 0.4) is 0 Å². The number of alkyl halides is 5. The highest BCUT2D eigenvalue weighted by molar-refractivity contribution is 6.75. The minimum Gasteiger partial charge on any atom is -0.358 e. The van der Waals surface area contributed by atoms with E-state index in [9.17, 15) is 10.1 Å². The van der Waals surface area contributed by atoms with E-state index in [4.69, 9.17) is 58.0 Å². The lowest BCUT2D eigenvalue weighted by Crippen LogP contribution is -2.32. The largest absolute Gasteiger partial charge is 0.417 e. The van der Waals surface area contributed by atoms with Gasteiger partial charge in [-0.25, -0.2) is 4.68 Å². The molecule has 102 valence electrons. The maximum Gasteiger partial charge on any atom is 0.417 e. The molecule has 1 heterocycles. The average Bonchev–Trinajstić information content (AvgIpc) is 2.59. The Morgan fingerprint density at radius 2 is 1.78 bits per heavy atom. The summed E-state index contributed by atoms with van der Waals surface area (Å²) in [5.74, 6) is -0.653. The number of nitrogens with zero attached hydrogens (tertiary/aromatic N) is 4. The third-order valence-corrected chi connectivity index (χ3v) is 4.35. The zero-order valence-electron chi connectivity index (χ0n) is 9.07. The van der Waals surface area contributed by atoms with Crippen LogP contribution in [-0.2, 0) is 4.33 Å². The Labute approximate surface area is 127 Å². The Morgan fingerprint density at radius 1 is 1.28 bits per heavy atom. The zero-order valence-corrected chi connectivity index (χ0v) is 12.9. The lowest BCUT2D eigenvalue weighted by atomic mass is 10.2. The Hall–Kier alpha value is -0.01000. The first-order valence-corrected chi connectivity index (χ1v) is 6.43. The summed E-state index contributed by atoms with van der Waals surface area (Å²) >= 11 is 28.8. The van der Waals surface area contributed by atoms with Crippen molar-refractivity contribution < 1.29 is 4.92 Å². The fourth-order valence-corrected chi connectivity index (χ4v) is 1.80. The summed E-state index contributed by atoms with van der Waals surface area (Å²) in [5, 5.41) is 17.9. The molecule has 0 fully saturated rings. The molecule has 0 aliphatic heterocycles. The molecule has 0 atom stereocenters. The van der Waals surface area contributed by atoms with E-state index in [0.29, 0.717) is 0 Å². The van der Waals surface area contributed by atoms with Crippen LogP contribution in [0, 0.1) is 10.1 Å². The van der Waals surface area contributed by atoms with Gasteiger partial charge in [0.05, 0.1) is 11.3 Å². The van der Waals surface area contributed by atoms with Crippen LogP contribution in [0.1, 0.15) is 25.6 Å². The first kappa shape index (κ1) is 16.0. The molecule has 0 aliphatic carbocycles. The van der Waals surface area contributed by atoms with Crippen LogP contribution < -0.4 is 0 Å². The molecule has 0 N–H and O–H groups in total. The highest BCUT2D eigenvalue weighted by Gasteiger charge is 2.54. The maximum atomic E-state index is 10.9. The standard InChI is InChI=1S/C7H7Cl5N4O2/c1-3(2)15-4(5(13-14-15)16(17)18)6(8,9)7(10,11)12/h3H,1-2H3. The van der Waals surface area contributed by atoms with Gasteiger partial charge in [0.1, 0.15) is 5.10 Å². The molecule has 0 radical (unpaired) electrons. The van der Waals surface area contributed by atoms with E-state index < -0.39 is 18.9 Å². The maximum absolute atomic E-state index is 10.9. The lowest BCUT2D eigenvalue weighted by Gasteiger charge is -2.27. The summed E-state index contributed by atoms with van der Waals surface area (Å²) in [4.78, 5) is 10.1. The molecule has 11 heteroatoms. The third-order valence-electron chi connectivity index (χ3n) is 1.99. The first-order chi connectivity index (χ1) is 8.00. The van der Waals surface area contributed by atoms with Crippen LogP contribution >= 0.6 is 58.0 Å². The number of rotatable bonds is 3. The van der Waals surface area contributed by atoms with E-state index in [-0.39, 0.29) is 11.7 Å². The van der Waals surface area contributed by atoms with Gasteiger partial charge in [-0.3, -0.25) is 0 Å². The molecule has 0 unspecified atom stereocenters. The first-order valence-electron chi connectivity index (χ1n) is 4.54. The second kappa shape index (κ2) is 5.17. The molecule has 6 nitrogen and oxygen atoms in total. The zero-order chi connectivity index (χ0) is 14.3. The summed E-state index contributed by atoms with van der Waals surface area (Å²) in [7, 11) is 0. The van der Waals surface area contributed by atoms with Gasteiger partial charge in [0.2, 0.25) is 8.13 Å². The van der Waals surface area contributed by atoms with Gasteiger partial charge in [-0.15, -0.1) is 0 Å². The van der Waals surface area contributed by atoms with Gasteiger partial charge in [0.15, 0.2) is 5.69 Å². The van der Waals surface area contributed by atoms with Crippen LogP contribution in [0.25, 0.3) is 0 Å². The van der Waals surface area contributed by atoms with Crippen molar-refractivity contribution >= 4 is 63.8 Å². The lowest BCUT2D eigenvalue weighted by molar-refractivity contribution is -0.390. The Bertz CT molecular complexity index is 467. The highest BCUT2D eigenvalue weighted by Crippen LogP contribution is 2.54. The van der Waals surface area contributed by atoms with Crippen molar-refractivity contribution in [1.29, 1.82) is 0 Å². The monoisotopic (exact) mass is 354 g/mol. The topological polar surface area (TPSA) is 73.8 Å². The third kappa shape index (κ3) is 2.77. The van der Waals surface area contributed by atoms with Gasteiger partial charge >= 0.3 is 5.82 Å². The minimum atomic E-state index is -2.19. The van der Waals surface area contributed by atoms with Crippen molar-refractivity contribution in [2.45, 2.75) is 28.0 Å². The number of aromatic nitrogens is 3. The van der Waals surface area contributed by atoms with Crippen LogP contribution in [0.4, 0.5) is 5.82 Å². The molecule has 1 aromatic heterocycles. The van der Waals surface area contributed by atoms with E-state index in [1.807, 2.05) is 0 Å². The fourth-order valence-electron chi connectivity index (χ4n) is 1.19. The molecule has 0 aromatic carbocycles. The van der Waals surface area contributed by atoms with Crippen LogP contribution in [-0.4, -0.2) is 23.7 Å². The van der Waals surface area contributed by atoms with Crippen molar-refractivity contribution in [3.8, 4) is 0 Å². The van der Waals surface area contributed by atoms with Crippen molar-refractivity contribution in [2.24, 2.45) is 0 Å². The summed E-state index contributed by atoms with van der Waals surface area (Å²) in [6.07, 6.45) is 0. The van der Waals surface area contributed by atoms with Gasteiger partial charge < -0.3 is 10.1 Å². The minimum absolute atomic E-state index is 0.272. The van der Waals surface area contributed by atoms with Gasteiger partial charge in [0.25, 0.3) is 0 Å². The summed E-state index contributed by atoms with van der Waals surface area (Å²) in [6, 6.07) is -0.301. The van der Waals surface area contributed by atoms with E-state index in [0.717, 1.165) is 4.68 Å². The second-order valence-electron chi connectivity index (χ2n) is 3.63. The van der Waals surface area contributed by atoms with Gasteiger partial charge in [0, 0.05) is 0 Å². The van der Waals surface area contributed by atoms with Crippen molar-refractivity contribution in [1.82, 2.24) is 15.0 Å². The molecule has 18 heavy (non-hydrogen) atoms. The Morgan fingerprint density at radius 3 is 2.11 bits per heavy atom. The molecular formula is C7H7Cl5N4O2. The van der Waals surface area contributed by atoms with Gasteiger partial charge in [-0.1, -0.05) is 58.0 Å². The number of nitro groups is 1. The predicted octanol–water partition coefficient (Wildman–Crippen LogP) is 3.77. The molecule has 1 aromatic rings. The van der Waals surface area contributed by atoms with Gasteiger partial charge in [-0.2, -0.15) is 0 Å². The molecule has 0 aliphatic rings. The van der Waals surface area contributed by atoms with E-state index in [1.165, 1.54) is 0 Å². The molecule has 0 saturated carbocycles. The number of halogens is 5. The van der Waals surface area contributed by atoms with E-state index in [1.54, 1.807) is 13.8 Å². The van der Waals surface area contributed by atoms with E-state index >= 15 is 0 Å². The summed E-state index contributed by atoms with van der Waals surface area (Å²) in [5.41, 5.74) is -0.272. The fraction of sp³-hybridized carbons (Fsp3) is 0.714. The van der Waals surface area contributed by atoms with Crippen LogP contribution in [0.15, 0.2) is 0 Å². The SMILES string of the molecule is CC(C)n1nnc([N+](=O)[O-])c1C(Cl)(Cl)C(Cl)(Cl)Cl.